The molecule has 0 aliphatic rings. The average molecular weight is 381 g/mol. The van der Waals surface area contributed by atoms with Crippen molar-refractivity contribution in [2.24, 2.45) is 0 Å². The van der Waals surface area contributed by atoms with Gasteiger partial charge in [0.15, 0.2) is 5.75 Å². The Morgan fingerprint density at radius 1 is 1.38 bits per heavy atom. The summed E-state index contributed by atoms with van der Waals surface area (Å²) in [4.78, 5) is 5.15. The van der Waals surface area contributed by atoms with Crippen molar-refractivity contribution in [1.29, 1.82) is 0 Å². The van der Waals surface area contributed by atoms with Crippen molar-refractivity contribution in [2.75, 3.05) is 5.32 Å². The van der Waals surface area contributed by atoms with E-state index in [4.69, 9.17) is 0 Å². The molecule has 1 aromatic carbocycles. The first-order valence-electron chi connectivity index (χ1n) is 6.10. The standard InChI is InChI=1S/C13H12BrF3N2OS/c1-2-12-19-7-9(21-12)6-18-10-4-3-8(14)5-11(10)20-13(15,16)17/h3-5,7,18H,2,6H2,1H3. The number of halogens is 4. The summed E-state index contributed by atoms with van der Waals surface area (Å²) in [5, 5.41) is 3.94. The molecular weight excluding hydrogens is 369 g/mol. The number of aromatic nitrogens is 1. The lowest BCUT2D eigenvalue weighted by Gasteiger charge is -2.14. The van der Waals surface area contributed by atoms with Crippen molar-refractivity contribution >= 4 is 33.0 Å². The molecule has 0 atom stereocenters. The van der Waals surface area contributed by atoms with Gasteiger partial charge in [-0.15, -0.1) is 24.5 Å². The molecule has 0 saturated heterocycles. The Morgan fingerprint density at radius 3 is 2.76 bits per heavy atom. The van der Waals surface area contributed by atoms with Gasteiger partial charge in [-0.25, -0.2) is 4.98 Å². The van der Waals surface area contributed by atoms with Gasteiger partial charge in [-0.2, -0.15) is 0 Å². The van der Waals surface area contributed by atoms with Gasteiger partial charge in [0.05, 0.1) is 17.2 Å². The molecule has 21 heavy (non-hydrogen) atoms. The summed E-state index contributed by atoms with van der Waals surface area (Å²) < 4.78 is 41.7. The normalized spacial score (nSPS) is 11.5. The first-order chi connectivity index (χ1) is 9.87. The number of alkyl halides is 3. The van der Waals surface area contributed by atoms with Gasteiger partial charge in [0.1, 0.15) is 0 Å². The van der Waals surface area contributed by atoms with Crippen LogP contribution in [0.2, 0.25) is 0 Å². The summed E-state index contributed by atoms with van der Waals surface area (Å²) >= 11 is 4.66. The zero-order valence-electron chi connectivity index (χ0n) is 11.0. The second-order valence-corrected chi connectivity index (χ2v) is 6.23. The van der Waals surface area contributed by atoms with Crippen molar-refractivity contribution in [1.82, 2.24) is 4.98 Å². The lowest BCUT2D eigenvalue weighted by atomic mass is 10.3. The molecule has 1 aromatic heterocycles. The van der Waals surface area contributed by atoms with E-state index in [0.29, 0.717) is 11.0 Å². The van der Waals surface area contributed by atoms with Crippen LogP contribution in [0.5, 0.6) is 5.75 Å². The summed E-state index contributed by atoms with van der Waals surface area (Å²) in [7, 11) is 0. The molecule has 1 N–H and O–H groups in total. The molecule has 0 fully saturated rings. The molecule has 0 saturated carbocycles. The van der Waals surface area contributed by atoms with Gasteiger partial charge in [-0.1, -0.05) is 22.9 Å². The highest BCUT2D eigenvalue weighted by molar-refractivity contribution is 9.10. The number of nitrogens with one attached hydrogen (secondary N) is 1. The van der Waals surface area contributed by atoms with Crippen LogP contribution >= 0.6 is 27.3 Å². The summed E-state index contributed by atoms with van der Waals surface area (Å²) in [6, 6.07) is 4.46. The number of hydrogen-bond acceptors (Lipinski definition) is 4. The number of nitrogens with zero attached hydrogens (tertiary/aromatic N) is 1. The third-order valence-corrected chi connectivity index (χ3v) is 4.16. The fourth-order valence-electron chi connectivity index (χ4n) is 1.63. The van der Waals surface area contributed by atoms with E-state index in [1.165, 1.54) is 23.5 Å². The van der Waals surface area contributed by atoms with Crippen LogP contribution in [0.15, 0.2) is 28.9 Å². The molecule has 0 aliphatic heterocycles. The maximum Gasteiger partial charge on any atom is 0.573 e. The Labute approximate surface area is 132 Å². The minimum Gasteiger partial charge on any atom is -0.404 e. The number of benzene rings is 1. The Morgan fingerprint density at radius 2 is 2.14 bits per heavy atom. The largest absolute Gasteiger partial charge is 0.573 e. The second kappa shape index (κ2) is 6.65. The van der Waals surface area contributed by atoms with Crippen LogP contribution in [0.1, 0.15) is 16.8 Å². The van der Waals surface area contributed by atoms with E-state index < -0.39 is 6.36 Å². The maximum absolute atomic E-state index is 12.4. The Balaban J connectivity index is 2.11. The first-order valence-corrected chi connectivity index (χ1v) is 7.71. The van der Waals surface area contributed by atoms with E-state index in [1.54, 1.807) is 12.3 Å². The molecule has 114 valence electrons. The maximum atomic E-state index is 12.4. The molecule has 0 unspecified atom stereocenters. The topological polar surface area (TPSA) is 34.2 Å². The Hall–Kier alpha value is -1.28. The molecule has 3 nitrogen and oxygen atoms in total. The van der Waals surface area contributed by atoms with Crippen LogP contribution in [0.25, 0.3) is 0 Å². The van der Waals surface area contributed by atoms with E-state index >= 15 is 0 Å². The predicted octanol–water partition coefficient (Wildman–Crippen LogP) is 4.98. The summed E-state index contributed by atoms with van der Waals surface area (Å²) in [5.74, 6) is -0.267. The van der Waals surface area contributed by atoms with Crippen molar-refractivity contribution in [3.05, 3.63) is 38.8 Å². The Bertz CT molecular complexity index is 616. The number of anilines is 1. The number of hydrogen-bond donors (Lipinski definition) is 1. The SMILES string of the molecule is CCc1ncc(CNc2ccc(Br)cc2OC(F)(F)F)s1. The summed E-state index contributed by atoms with van der Waals surface area (Å²) in [6.45, 7) is 2.40. The van der Waals surface area contributed by atoms with Gasteiger partial charge >= 0.3 is 6.36 Å². The zero-order valence-corrected chi connectivity index (χ0v) is 13.4. The van der Waals surface area contributed by atoms with Crippen molar-refractivity contribution in [3.63, 3.8) is 0 Å². The highest BCUT2D eigenvalue weighted by atomic mass is 79.9. The number of ether oxygens (including phenoxy) is 1. The van der Waals surface area contributed by atoms with E-state index in [9.17, 15) is 13.2 Å². The van der Waals surface area contributed by atoms with E-state index in [0.717, 1.165) is 16.3 Å². The minimum atomic E-state index is -4.73. The molecular formula is C13H12BrF3N2OS. The van der Waals surface area contributed by atoms with Crippen molar-refractivity contribution in [2.45, 2.75) is 26.3 Å². The lowest BCUT2D eigenvalue weighted by molar-refractivity contribution is -0.274. The molecule has 1 heterocycles. The fraction of sp³-hybridized carbons (Fsp3) is 0.308. The summed E-state index contributed by atoms with van der Waals surface area (Å²) in [6.07, 6.45) is -2.16. The lowest BCUT2D eigenvalue weighted by Crippen LogP contribution is -2.18. The van der Waals surface area contributed by atoms with Crippen LogP contribution in [0.4, 0.5) is 18.9 Å². The van der Waals surface area contributed by atoms with E-state index in [2.05, 4.69) is 31.0 Å². The van der Waals surface area contributed by atoms with Crippen LogP contribution in [-0.2, 0) is 13.0 Å². The van der Waals surface area contributed by atoms with Crippen LogP contribution in [0, 0.1) is 0 Å². The minimum absolute atomic E-state index is 0.267. The smallest absolute Gasteiger partial charge is 0.404 e. The molecule has 0 spiro atoms. The number of aryl methyl sites for hydroxylation is 1. The molecule has 2 aromatic rings. The van der Waals surface area contributed by atoms with Crippen LogP contribution in [0.3, 0.4) is 0 Å². The molecule has 0 radical (unpaired) electrons. The van der Waals surface area contributed by atoms with Crippen LogP contribution < -0.4 is 10.1 Å². The highest BCUT2D eigenvalue weighted by Gasteiger charge is 2.32. The molecule has 0 bridgehead atoms. The highest BCUT2D eigenvalue weighted by Crippen LogP contribution is 2.33. The van der Waals surface area contributed by atoms with E-state index in [1.807, 2.05) is 6.92 Å². The van der Waals surface area contributed by atoms with Crippen molar-refractivity contribution in [3.8, 4) is 5.75 Å². The fourth-order valence-corrected chi connectivity index (χ4v) is 2.77. The third-order valence-electron chi connectivity index (χ3n) is 2.53. The van der Waals surface area contributed by atoms with Gasteiger partial charge in [0.25, 0.3) is 0 Å². The monoisotopic (exact) mass is 380 g/mol. The Kier molecular flexibility index (Phi) is 5.10. The second-order valence-electron chi connectivity index (χ2n) is 4.12. The van der Waals surface area contributed by atoms with Crippen LogP contribution in [-0.4, -0.2) is 11.3 Å². The molecule has 0 aliphatic carbocycles. The molecule has 0 amide bonds. The predicted molar refractivity (Wildman–Crippen MR) is 79.6 cm³/mol. The molecule has 8 heteroatoms. The molecule has 2 rings (SSSR count). The number of thiazole rings is 1. The summed E-state index contributed by atoms with van der Waals surface area (Å²) in [5.41, 5.74) is 0.280. The van der Waals surface area contributed by atoms with Gasteiger partial charge in [-0.05, 0) is 24.6 Å². The third kappa shape index (κ3) is 4.89. The quantitative estimate of drug-likeness (QED) is 0.794. The van der Waals surface area contributed by atoms with Gasteiger partial charge in [0, 0.05) is 15.5 Å². The van der Waals surface area contributed by atoms with E-state index in [-0.39, 0.29) is 11.4 Å². The number of rotatable bonds is 5. The van der Waals surface area contributed by atoms with Gasteiger partial charge < -0.3 is 10.1 Å². The average Bonchev–Trinajstić information content (AvgIpc) is 2.84. The van der Waals surface area contributed by atoms with Crippen molar-refractivity contribution < 1.29 is 17.9 Å². The van der Waals surface area contributed by atoms with Gasteiger partial charge in [-0.3, -0.25) is 0 Å². The zero-order chi connectivity index (χ0) is 15.5. The van der Waals surface area contributed by atoms with Gasteiger partial charge in [0.2, 0.25) is 0 Å². The first kappa shape index (κ1) is 16.1.